The molecule has 1 rings (SSSR count). The van der Waals surface area contributed by atoms with Crippen molar-refractivity contribution >= 4 is 49.5 Å². The lowest BCUT2D eigenvalue weighted by Crippen LogP contribution is -2.43. The Morgan fingerprint density at radius 1 is 1.40 bits per heavy atom. The van der Waals surface area contributed by atoms with Crippen LogP contribution in [0.1, 0.15) is 6.42 Å². The van der Waals surface area contributed by atoms with E-state index < -0.39 is 18.0 Å². The van der Waals surface area contributed by atoms with Crippen LogP contribution in [0.5, 0.6) is 0 Å². The van der Waals surface area contributed by atoms with Gasteiger partial charge < -0.3 is 20.5 Å². The number of carboxylic acid groups (broad SMARTS) is 1. The molecule has 0 aliphatic heterocycles. The lowest BCUT2D eigenvalue weighted by Gasteiger charge is -2.15. The van der Waals surface area contributed by atoms with E-state index in [4.69, 9.17) is 9.84 Å². The summed E-state index contributed by atoms with van der Waals surface area (Å²) >= 11 is 6.60. The monoisotopic (exact) mass is 408 g/mol. The highest BCUT2D eigenvalue weighted by Gasteiger charge is 2.19. The fourth-order valence-electron chi connectivity index (χ4n) is 1.40. The number of carbonyl (C=O) groups is 2. The van der Waals surface area contributed by atoms with Gasteiger partial charge in [0.15, 0.2) is 0 Å². The highest BCUT2D eigenvalue weighted by atomic mass is 79.9. The molecule has 0 saturated carbocycles. The Bertz CT molecular complexity index is 496. The van der Waals surface area contributed by atoms with Crippen molar-refractivity contribution in [3.8, 4) is 0 Å². The van der Waals surface area contributed by atoms with Crippen LogP contribution in [0, 0.1) is 0 Å². The lowest BCUT2D eigenvalue weighted by atomic mass is 10.2. The first-order valence-electron chi connectivity index (χ1n) is 5.68. The van der Waals surface area contributed by atoms with E-state index >= 15 is 0 Å². The van der Waals surface area contributed by atoms with E-state index in [1.807, 2.05) is 0 Å². The number of anilines is 1. The number of hydrogen-bond acceptors (Lipinski definition) is 3. The summed E-state index contributed by atoms with van der Waals surface area (Å²) in [5, 5.41) is 13.9. The van der Waals surface area contributed by atoms with Crippen molar-refractivity contribution < 1.29 is 19.4 Å². The number of urea groups is 1. The van der Waals surface area contributed by atoms with Gasteiger partial charge in [0, 0.05) is 29.1 Å². The first kappa shape index (κ1) is 16.9. The summed E-state index contributed by atoms with van der Waals surface area (Å²) in [5.74, 6) is -1.10. The van der Waals surface area contributed by atoms with Crippen molar-refractivity contribution in [2.45, 2.75) is 12.5 Å². The maximum Gasteiger partial charge on any atom is 0.326 e. The van der Waals surface area contributed by atoms with Crippen LogP contribution in [0.15, 0.2) is 27.1 Å². The number of halogens is 2. The highest BCUT2D eigenvalue weighted by Crippen LogP contribution is 2.25. The summed E-state index contributed by atoms with van der Waals surface area (Å²) in [6, 6.07) is 3.65. The lowest BCUT2D eigenvalue weighted by molar-refractivity contribution is -0.139. The van der Waals surface area contributed by atoms with Gasteiger partial charge in [0.2, 0.25) is 0 Å². The van der Waals surface area contributed by atoms with E-state index in [-0.39, 0.29) is 13.0 Å². The second-order valence-electron chi connectivity index (χ2n) is 3.89. The van der Waals surface area contributed by atoms with Gasteiger partial charge in [0.05, 0.1) is 5.69 Å². The third-order valence-corrected chi connectivity index (χ3v) is 3.54. The van der Waals surface area contributed by atoms with Crippen molar-refractivity contribution in [3.05, 3.63) is 27.1 Å². The van der Waals surface area contributed by atoms with Gasteiger partial charge in [0.25, 0.3) is 0 Å². The van der Waals surface area contributed by atoms with Crippen LogP contribution in [0.4, 0.5) is 10.5 Å². The molecule has 0 aliphatic rings. The van der Waals surface area contributed by atoms with E-state index in [1.165, 1.54) is 7.11 Å². The number of aliphatic carboxylic acids is 1. The molecule has 2 amide bonds. The Kier molecular flexibility index (Phi) is 6.97. The third-order valence-electron chi connectivity index (χ3n) is 2.39. The number of nitrogens with one attached hydrogen (secondary N) is 2. The molecule has 0 heterocycles. The molecule has 3 N–H and O–H groups in total. The first-order valence-corrected chi connectivity index (χ1v) is 7.27. The zero-order valence-electron chi connectivity index (χ0n) is 10.7. The molecular formula is C12H14Br2N2O4. The van der Waals surface area contributed by atoms with Crippen molar-refractivity contribution in [3.63, 3.8) is 0 Å². The molecule has 0 spiro atoms. The smallest absolute Gasteiger partial charge is 0.326 e. The summed E-state index contributed by atoms with van der Waals surface area (Å²) in [7, 11) is 1.47. The molecule has 0 aromatic heterocycles. The minimum absolute atomic E-state index is 0.195. The normalized spacial score (nSPS) is 11.8. The van der Waals surface area contributed by atoms with Crippen LogP contribution in [0.2, 0.25) is 0 Å². The van der Waals surface area contributed by atoms with Crippen molar-refractivity contribution in [2.24, 2.45) is 0 Å². The van der Waals surface area contributed by atoms with Crippen molar-refractivity contribution in [1.82, 2.24) is 5.32 Å². The molecule has 6 nitrogen and oxygen atoms in total. The topological polar surface area (TPSA) is 87.7 Å². The van der Waals surface area contributed by atoms with Gasteiger partial charge in [-0.1, -0.05) is 15.9 Å². The summed E-state index contributed by atoms with van der Waals surface area (Å²) in [6.45, 7) is 0.249. The number of ether oxygens (including phenoxy) is 1. The molecule has 0 bridgehead atoms. The van der Waals surface area contributed by atoms with Crippen LogP contribution in [-0.4, -0.2) is 36.9 Å². The molecule has 0 fully saturated rings. The Labute approximate surface area is 133 Å². The van der Waals surface area contributed by atoms with Gasteiger partial charge in [-0.25, -0.2) is 9.59 Å². The van der Waals surface area contributed by atoms with Gasteiger partial charge in [-0.15, -0.1) is 0 Å². The summed E-state index contributed by atoms with van der Waals surface area (Å²) in [5.41, 5.74) is 0.543. The van der Waals surface area contributed by atoms with E-state index in [2.05, 4.69) is 42.5 Å². The molecule has 1 aromatic rings. The molecule has 110 valence electrons. The molecule has 1 unspecified atom stereocenters. The van der Waals surface area contributed by atoms with Gasteiger partial charge in [-0.05, 0) is 34.1 Å². The predicted molar refractivity (Wildman–Crippen MR) is 81.9 cm³/mol. The first-order chi connectivity index (χ1) is 9.43. The van der Waals surface area contributed by atoms with Gasteiger partial charge >= 0.3 is 12.0 Å². The fraction of sp³-hybridized carbons (Fsp3) is 0.333. The van der Waals surface area contributed by atoms with Crippen LogP contribution in [0.3, 0.4) is 0 Å². The average Bonchev–Trinajstić information content (AvgIpc) is 2.37. The van der Waals surface area contributed by atoms with E-state index in [0.717, 1.165) is 4.47 Å². The molecule has 0 saturated heterocycles. The number of hydrogen-bond donors (Lipinski definition) is 3. The fourth-order valence-corrected chi connectivity index (χ4v) is 2.55. The minimum atomic E-state index is -1.10. The zero-order chi connectivity index (χ0) is 15.1. The standard InChI is InChI=1S/C12H14Br2N2O4/c1-20-5-4-10(11(17)18)16-12(19)15-9-3-2-7(13)6-8(9)14/h2-3,6,10H,4-5H2,1H3,(H,17,18)(H2,15,16,19). The number of benzene rings is 1. The van der Waals surface area contributed by atoms with E-state index in [9.17, 15) is 9.59 Å². The summed E-state index contributed by atoms with van der Waals surface area (Å²) in [4.78, 5) is 22.8. The average molecular weight is 410 g/mol. The van der Waals surface area contributed by atoms with E-state index in [0.29, 0.717) is 10.2 Å². The summed E-state index contributed by atoms with van der Waals surface area (Å²) in [6.07, 6.45) is 0.195. The Morgan fingerprint density at radius 2 is 2.10 bits per heavy atom. The Balaban J connectivity index is 2.63. The van der Waals surface area contributed by atoms with Crippen LogP contribution < -0.4 is 10.6 Å². The molecule has 0 radical (unpaired) electrons. The second kappa shape index (κ2) is 8.23. The maximum absolute atomic E-state index is 11.8. The Morgan fingerprint density at radius 3 is 2.65 bits per heavy atom. The molecule has 8 heteroatoms. The quantitative estimate of drug-likeness (QED) is 0.674. The molecule has 20 heavy (non-hydrogen) atoms. The van der Waals surface area contributed by atoms with Gasteiger partial charge in [-0.2, -0.15) is 0 Å². The molecular weight excluding hydrogens is 396 g/mol. The SMILES string of the molecule is COCCC(NC(=O)Nc1ccc(Br)cc1Br)C(=O)O. The zero-order valence-corrected chi connectivity index (χ0v) is 13.8. The summed E-state index contributed by atoms with van der Waals surface area (Å²) < 4.78 is 6.35. The number of carbonyl (C=O) groups excluding carboxylic acids is 1. The molecule has 0 aliphatic carbocycles. The van der Waals surface area contributed by atoms with Crippen LogP contribution in [0.25, 0.3) is 0 Å². The largest absolute Gasteiger partial charge is 0.480 e. The highest BCUT2D eigenvalue weighted by molar-refractivity contribution is 9.11. The number of rotatable bonds is 6. The van der Waals surface area contributed by atoms with Crippen molar-refractivity contribution in [1.29, 1.82) is 0 Å². The van der Waals surface area contributed by atoms with E-state index in [1.54, 1.807) is 18.2 Å². The van der Waals surface area contributed by atoms with Crippen LogP contribution in [-0.2, 0) is 9.53 Å². The number of carboxylic acids is 1. The van der Waals surface area contributed by atoms with Crippen molar-refractivity contribution in [2.75, 3.05) is 19.0 Å². The van der Waals surface area contributed by atoms with Gasteiger partial charge in [0.1, 0.15) is 6.04 Å². The maximum atomic E-state index is 11.8. The predicted octanol–water partition coefficient (Wildman–Crippen LogP) is 2.82. The van der Waals surface area contributed by atoms with Gasteiger partial charge in [-0.3, -0.25) is 0 Å². The number of methoxy groups -OCH3 is 1. The third kappa shape index (κ3) is 5.48. The number of amides is 2. The molecule has 1 atom stereocenters. The minimum Gasteiger partial charge on any atom is -0.480 e. The Hall–Kier alpha value is -1.12. The molecule has 1 aromatic carbocycles. The second-order valence-corrected chi connectivity index (χ2v) is 5.66. The van der Waals surface area contributed by atoms with Crippen LogP contribution >= 0.6 is 31.9 Å².